The molecule has 0 saturated carbocycles. The van der Waals surface area contributed by atoms with Gasteiger partial charge in [-0.05, 0) is 25.5 Å². The molecule has 0 spiro atoms. The summed E-state index contributed by atoms with van der Waals surface area (Å²) in [6, 6.07) is 7.79. The first kappa shape index (κ1) is 14.8. The summed E-state index contributed by atoms with van der Waals surface area (Å²) in [6.07, 6.45) is 0.315. The maximum Gasteiger partial charge on any atom is 0.326 e. The van der Waals surface area contributed by atoms with E-state index in [0.717, 1.165) is 11.1 Å². The van der Waals surface area contributed by atoms with Gasteiger partial charge in [0.15, 0.2) is 0 Å². The summed E-state index contributed by atoms with van der Waals surface area (Å²) in [7, 11) is 0. The molecule has 2 rings (SSSR count). The summed E-state index contributed by atoms with van der Waals surface area (Å²) in [4.78, 5) is 27.2. The van der Waals surface area contributed by atoms with E-state index in [1.165, 1.54) is 0 Å². The summed E-state index contributed by atoms with van der Waals surface area (Å²) >= 11 is 0. The fourth-order valence-corrected chi connectivity index (χ4v) is 2.00. The lowest BCUT2D eigenvalue weighted by molar-refractivity contribution is -0.139. The molecule has 3 N–H and O–H groups in total. The zero-order valence-electron chi connectivity index (χ0n) is 11.9. The Kier molecular flexibility index (Phi) is 4.37. The molecule has 0 bridgehead atoms. The molecule has 0 fully saturated rings. The molecule has 0 saturated heterocycles. The van der Waals surface area contributed by atoms with Crippen LogP contribution in [0.3, 0.4) is 0 Å². The number of nitrogens with zero attached hydrogens (tertiary/aromatic N) is 1. The van der Waals surface area contributed by atoms with Crippen molar-refractivity contribution in [1.29, 1.82) is 0 Å². The minimum absolute atomic E-state index is 0.315. The molecular weight excluding hydrogens is 270 g/mol. The molecule has 1 aromatic carbocycles. The molecule has 6 nitrogen and oxygen atoms in total. The molecule has 0 radical (unpaired) electrons. The average molecular weight is 287 g/mol. The number of carboxylic acid groups (broad SMARTS) is 1. The van der Waals surface area contributed by atoms with Gasteiger partial charge in [0.1, 0.15) is 6.04 Å². The maximum atomic E-state index is 11.9. The highest BCUT2D eigenvalue weighted by Crippen LogP contribution is 2.21. The highest BCUT2D eigenvalue weighted by atomic mass is 16.4. The van der Waals surface area contributed by atoms with Crippen LogP contribution in [0, 0.1) is 6.92 Å². The Bertz CT molecular complexity index is 685. The van der Waals surface area contributed by atoms with Crippen LogP contribution >= 0.6 is 0 Å². The number of hydrogen-bond donors (Lipinski definition) is 3. The molecule has 1 aromatic heterocycles. The molecule has 6 heteroatoms. The van der Waals surface area contributed by atoms with Crippen LogP contribution in [0.5, 0.6) is 0 Å². The number of hydrogen-bond acceptors (Lipinski definition) is 3. The molecule has 1 heterocycles. The van der Waals surface area contributed by atoms with Gasteiger partial charge in [0.05, 0.1) is 11.2 Å². The molecule has 0 aliphatic carbocycles. The molecule has 1 unspecified atom stereocenters. The quantitative estimate of drug-likeness (QED) is 0.805. The van der Waals surface area contributed by atoms with Crippen molar-refractivity contribution in [2.24, 2.45) is 0 Å². The van der Waals surface area contributed by atoms with E-state index in [9.17, 15) is 9.59 Å². The lowest BCUT2D eigenvalue weighted by Gasteiger charge is -2.14. The minimum Gasteiger partial charge on any atom is -0.480 e. The van der Waals surface area contributed by atoms with Crippen molar-refractivity contribution >= 4 is 28.6 Å². The van der Waals surface area contributed by atoms with E-state index in [2.05, 4.69) is 15.6 Å². The van der Waals surface area contributed by atoms with Crippen LogP contribution in [0.1, 0.15) is 19.0 Å². The summed E-state index contributed by atoms with van der Waals surface area (Å²) < 4.78 is 0. The van der Waals surface area contributed by atoms with E-state index < -0.39 is 18.0 Å². The van der Waals surface area contributed by atoms with Gasteiger partial charge >= 0.3 is 12.0 Å². The summed E-state index contributed by atoms with van der Waals surface area (Å²) in [5.74, 6) is -1.06. The Hall–Kier alpha value is -2.63. The topological polar surface area (TPSA) is 91.3 Å². The number of para-hydroxylation sites is 1. The van der Waals surface area contributed by atoms with Crippen molar-refractivity contribution in [2.75, 3.05) is 5.32 Å². The van der Waals surface area contributed by atoms with E-state index >= 15 is 0 Å². The van der Waals surface area contributed by atoms with Crippen molar-refractivity contribution in [3.8, 4) is 0 Å². The second kappa shape index (κ2) is 6.21. The molecular formula is C15H17N3O3. The van der Waals surface area contributed by atoms with E-state index in [0.29, 0.717) is 17.6 Å². The van der Waals surface area contributed by atoms with Gasteiger partial charge < -0.3 is 15.7 Å². The molecule has 0 aliphatic heterocycles. The van der Waals surface area contributed by atoms with Gasteiger partial charge in [0.2, 0.25) is 0 Å². The van der Waals surface area contributed by atoms with Gasteiger partial charge in [-0.25, -0.2) is 9.59 Å². The normalized spacial score (nSPS) is 11.9. The largest absolute Gasteiger partial charge is 0.480 e. The molecule has 2 amide bonds. The van der Waals surface area contributed by atoms with E-state index in [1.807, 2.05) is 31.2 Å². The molecule has 110 valence electrons. The average Bonchev–Trinajstić information content (AvgIpc) is 2.45. The first-order valence-electron chi connectivity index (χ1n) is 6.68. The number of urea groups is 1. The van der Waals surface area contributed by atoms with Crippen LogP contribution in [0.25, 0.3) is 10.9 Å². The smallest absolute Gasteiger partial charge is 0.326 e. The number of anilines is 1. The number of pyridine rings is 1. The summed E-state index contributed by atoms with van der Waals surface area (Å²) in [5.41, 5.74) is 2.07. The van der Waals surface area contributed by atoms with E-state index in [4.69, 9.17) is 5.11 Å². The Balaban J connectivity index is 2.21. The first-order chi connectivity index (χ1) is 10.0. The number of amides is 2. The van der Waals surface area contributed by atoms with Crippen molar-refractivity contribution < 1.29 is 14.7 Å². The third kappa shape index (κ3) is 3.47. The van der Waals surface area contributed by atoms with E-state index in [1.54, 1.807) is 13.0 Å². The van der Waals surface area contributed by atoms with Gasteiger partial charge in [-0.3, -0.25) is 4.98 Å². The van der Waals surface area contributed by atoms with Crippen LogP contribution in [0.2, 0.25) is 0 Å². The number of benzene rings is 1. The summed E-state index contributed by atoms with van der Waals surface area (Å²) in [5, 5.41) is 14.9. The first-order valence-corrected chi connectivity index (χ1v) is 6.68. The van der Waals surface area contributed by atoms with Gasteiger partial charge in [-0.1, -0.05) is 25.1 Å². The number of carbonyl (C=O) groups is 2. The summed E-state index contributed by atoms with van der Waals surface area (Å²) in [6.45, 7) is 3.57. The Morgan fingerprint density at radius 1 is 1.29 bits per heavy atom. The van der Waals surface area contributed by atoms with Crippen molar-refractivity contribution in [2.45, 2.75) is 26.3 Å². The number of carboxylic acids is 1. The van der Waals surface area contributed by atoms with Gasteiger partial charge in [-0.2, -0.15) is 0 Å². The Morgan fingerprint density at radius 3 is 2.71 bits per heavy atom. The number of aromatic nitrogens is 1. The maximum absolute atomic E-state index is 11.9. The lowest BCUT2D eigenvalue weighted by atomic mass is 10.2. The number of carbonyl (C=O) groups excluding carboxylic acids is 1. The fraction of sp³-hybridized carbons (Fsp3) is 0.267. The van der Waals surface area contributed by atoms with Gasteiger partial charge in [-0.15, -0.1) is 0 Å². The Morgan fingerprint density at radius 2 is 2.05 bits per heavy atom. The molecule has 2 aromatic rings. The molecule has 21 heavy (non-hydrogen) atoms. The number of nitrogens with one attached hydrogen (secondary N) is 2. The predicted molar refractivity (Wildman–Crippen MR) is 80.3 cm³/mol. The zero-order chi connectivity index (χ0) is 15.4. The predicted octanol–water partition coefficient (Wildman–Crippen LogP) is 2.53. The van der Waals surface area contributed by atoms with Crippen LogP contribution in [-0.2, 0) is 4.79 Å². The van der Waals surface area contributed by atoms with Crippen LogP contribution in [-0.4, -0.2) is 28.1 Å². The second-order valence-electron chi connectivity index (χ2n) is 4.73. The Labute approximate surface area is 122 Å². The number of rotatable bonds is 4. The van der Waals surface area contributed by atoms with Crippen molar-refractivity contribution in [3.63, 3.8) is 0 Å². The number of aryl methyl sites for hydroxylation is 1. The van der Waals surface area contributed by atoms with Gasteiger partial charge in [0, 0.05) is 11.1 Å². The molecule has 0 aliphatic rings. The minimum atomic E-state index is -1.06. The zero-order valence-corrected chi connectivity index (χ0v) is 11.9. The monoisotopic (exact) mass is 287 g/mol. The van der Waals surface area contributed by atoms with Crippen LogP contribution in [0.4, 0.5) is 10.5 Å². The fourth-order valence-electron chi connectivity index (χ4n) is 2.00. The number of fused-ring (bicyclic) bond motifs is 1. The SMILES string of the molecule is CCC(NC(=O)Nc1cccc2ccc(C)nc12)C(=O)O. The number of aliphatic carboxylic acids is 1. The van der Waals surface area contributed by atoms with Crippen molar-refractivity contribution in [3.05, 3.63) is 36.0 Å². The third-order valence-corrected chi connectivity index (χ3v) is 3.12. The highest BCUT2D eigenvalue weighted by molar-refractivity contribution is 6.00. The van der Waals surface area contributed by atoms with Gasteiger partial charge in [0.25, 0.3) is 0 Å². The van der Waals surface area contributed by atoms with Crippen molar-refractivity contribution in [1.82, 2.24) is 10.3 Å². The standard InChI is InChI=1S/C15H17N3O3/c1-3-11(14(19)20)17-15(21)18-12-6-4-5-10-8-7-9(2)16-13(10)12/h4-8,11H,3H2,1-2H3,(H,19,20)(H2,17,18,21). The van der Waals surface area contributed by atoms with Crippen LogP contribution in [0.15, 0.2) is 30.3 Å². The van der Waals surface area contributed by atoms with Crippen LogP contribution < -0.4 is 10.6 Å². The van der Waals surface area contributed by atoms with E-state index in [-0.39, 0.29) is 0 Å². The second-order valence-corrected chi connectivity index (χ2v) is 4.73. The lowest BCUT2D eigenvalue weighted by Crippen LogP contribution is -2.42. The third-order valence-electron chi connectivity index (χ3n) is 3.12. The highest BCUT2D eigenvalue weighted by Gasteiger charge is 2.17. The molecule has 1 atom stereocenters.